The van der Waals surface area contributed by atoms with E-state index >= 15 is 0 Å². The van der Waals surface area contributed by atoms with Gasteiger partial charge in [-0.15, -0.1) is 0 Å². The van der Waals surface area contributed by atoms with Gasteiger partial charge in [0.1, 0.15) is 11.5 Å². The van der Waals surface area contributed by atoms with Crippen molar-refractivity contribution < 1.29 is 42.0 Å². The van der Waals surface area contributed by atoms with Crippen LogP contribution in [0.2, 0.25) is 0 Å². The molecule has 3 rings (SSSR count). The number of methoxy groups -OCH3 is 1. The van der Waals surface area contributed by atoms with Crippen LogP contribution in [0, 0.1) is 10.8 Å². The van der Waals surface area contributed by atoms with Crippen molar-refractivity contribution in [3.05, 3.63) is 77.0 Å². The molecular weight excluding hydrogens is 618 g/mol. The fourth-order valence-corrected chi connectivity index (χ4v) is 4.34. The van der Waals surface area contributed by atoms with Crippen LogP contribution in [0.25, 0.3) is 11.1 Å². The summed E-state index contributed by atoms with van der Waals surface area (Å²) in [6.45, 7) is 6.55. The van der Waals surface area contributed by atoms with E-state index in [1.54, 1.807) is 24.3 Å². The van der Waals surface area contributed by atoms with E-state index in [0.29, 0.717) is 24.1 Å². The Hall–Kier alpha value is -4.86. The molecule has 0 aliphatic rings. The number of aromatic nitrogens is 1. The average Bonchev–Trinajstić information content (AvgIpc) is 3.02. The first kappa shape index (κ1) is 37.3. The third-order valence-electron chi connectivity index (χ3n) is 7.34. The first-order valence-corrected chi connectivity index (χ1v) is 16.0. The van der Waals surface area contributed by atoms with Gasteiger partial charge in [0.2, 0.25) is 5.88 Å². The van der Waals surface area contributed by atoms with Gasteiger partial charge in [-0.3, -0.25) is 24.4 Å². The van der Waals surface area contributed by atoms with Crippen LogP contribution in [-0.4, -0.2) is 66.7 Å². The molecule has 2 amide bonds. The van der Waals surface area contributed by atoms with Crippen molar-refractivity contribution in [3.8, 4) is 17.0 Å². The third-order valence-corrected chi connectivity index (χ3v) is 7.34. The van der Waals surface area contributed by atoms with Crippen molar-refractivity contribution in [2.45, 2.75) is 40.0 Å². The van der Waals surface area contributed by atoms with Crippen LogP contribution in [0.15, 0.2) is 54.6 Å². The van der Waals surface area contributed by atoms with Gasteiger partial charge in [0.15, 0.2) is 0 Å². The minimum Gasteiger partial charge on any atom is -0.481 e. The Morgan fingerprint density at radius 3 is 1.98 bits per heavy atom. The number of hydrogen-bond acceptors (Lipinski definition) is 9. The zero-order valence-corrected chi connectivity index (χ0v) is 27.0. The number of anilines is 1. The molecule has 2 aromatic carbocycles. The van der Waals surface area contributed by atoms with Gasteiger partial charge in [0.05, 0.1) is 25.5 Å². The fourth-order valence-electron chi connectivity index (χ4n) is 4.34. The number of carboxylic acid groups (broad SMARTS) is 1. The summed E-state index contributed by atoms with van der Waals surface area (Å²) in [5.41, 5.74) is 8.97. The van der Waals surface area contributed by atoms with Crippen LogP contribution < -0.4 is 21.3 Å². The van der Waals surface area contributed by atoms with Crippen LogP contribution in [0.4, 0.5) is 5.69 Å². The SMILES string of the molecule is CCC(CC)(CC)CONC(=O)c1ccc(-c2ccc(OC)nc2C(=O)Nc2ccc(C(=N)N)cc2)c(C(=O)O)c1.CS(=O)(=O)O. The highest BCUT2D eigenvalue weighted by atomic mass is 32.2. The van der Waals surface area contributed by atoms with Crippen molar-refractivity contribution in [2.24, 2.45) is 11.1 Å². The van der Waals surface area contributed by atoms with E-state index in [2.05, 4.69) is 36.6 Å². The van der Waals surface area contributed by atoms with Crippen LogP contribution >= 0.6 is 0 Å². The highest BCUT2D eigenvalue weighted by molar-refractivity contribution is 7.85. The topological polar surface area (TPSA) is 231 Å². The number of carboxylic acids is 1. The molecule has 0 spiro atoms. The Morgan fingerprint density at radius 2 is 1.48 bits per heavy atom. The minimum atomic E-state index is -3.67. The van der Waals surface area contributed by atoms with Crippen LogP contribution in [0.5, 0.6) is 5.88 Å². The minimum absolute atomic E-state index is 0.0584. The lowest BCUT2D eigenvalue weighted by Gasteiger charge is -2.29. The Kier molecular flexibility index (Phi) is 13.3. The number of nitrogens with one attached hydrogen (secondary N) is 3. The predicted molar refractivity (Wildman–Crippen MR) is 173 cm³/mol. The van der Waals surface area contributed by atoms with Gasteiger partial charge >= 0.3 is 5.97 Å². The zero-order chi connectivity index (χ0) is 34.7. The molecule has 0 atom stereocenters. The first-order valence-electron chi connectivity index (χ1n) is 14.1. The average molecular weight is 658 g/mol. The molecule has 0 saturated heterocycles. The number of hydrogen-bond donors (Lipinski definition) is 6. The number of nitrogen functional groups attached to an aromatic ring is 1. The molecule has 3 aromatic rings. The van der Waals surface area contributed by atoms with Crippen LogP contribution in [-0.2, 0) is 15.0 Å². The van der Waals surface area contributed by atoms with Gasteiger partial charge < -0.3 is 20.9 Å². The van der Waals surface area contributed by atoms with Gasteiger partial charge in [-0.1, -0.05) is 26.8 Å². The van der Waals surface area contributed by atoms with Crippen LogP contribution in [0.1, 0.15) is 76.8 Å². The number of nitrogens with zero attached hydrogens (tertiary/aromatic N) is 1. The molecule has 0 radical (unpaired) electrons. The van der Waals surface area contributed by atoms with E-state index in [1.807, 2.05) is 0 Å². The normalized spacial score (nSPS) is 11.1. The highest BCUT2D eigenvalue weighted by Gasteiger charge is 2.26. The van der Waals surface area contributed by atoms with Crippen molar-refractivity contribution in [1.29, 1.82) is 5.41 Å². The number of benzene rings is 2. The molecule has 0 unspecified atom stereocenters. The maximum atomic E-state index is 13.3. The number of carbonyl (C=O) groups is 3. The molecule has 0 saturated carbocycles. The summed E-state index contributed by atoms with van der Waals surface area (Å²) in [7, 11) is -2.27. The number of amidine groups is 1. The number of pyridine rings is 1. The molecule has 15 heteroatoms. The van der Waals surface area contributed by atoms with Gasteiger partial charge in [-0.05, 0) is 72.7 Å². The molecule has 14 nitrogen and oxygen atoms in total. The number of rotatable bonds is 13. The quantitative estimate of drug-likeness (QED) is 0.0654. The molecule has 0 aliphatic heterocycles. The number of ether oxygens (including phenoxy) is 1. The third kappa shape index (κ3) is 10.6. The Labute approximate surface area is 267 Å². The predicted octanol–water partition coefficient (Wildman–Crippen LogP) is 4.37. The summed E-state index contributed by atoms with van der Waals surface area (Å²) in [6.07, 6.45) is 3.39. The monoisotopic (exact) mass is 657 g/mol. The van der Waals surface area contributed by atoms with Crippen molar-refractivity contribution in [2.75, 3.05) is 25.3 Å². The van der Waals surface area contributed by atoms with Gasteiger partial charge in [0, 0.05) is 28.4 Å². The van der Waals surface area contributed by atoms with E-state index in [-0.39, 0.29) is 45.1 Å². The summed E-state index contributed by atoms with van der Waals surface area (Å²) in [5.74, 6) is -2.46. The lowest BCUT2D eigenvalue weighted by atomic mass is 9.81. The fraction of sp³-hybridized carbons (Fsp3) is 0.323. The van der Waals surface area contributed by atoms with E-state index in [1.165, 1.54) is 37.4 Å². The second-order valence-electron chi connectivity index (χ2n) is 10.3. The summed E-state index contributed by atoms with van der Waals surface area (Å²) in [4.78, 5) is 48.2. The maximum Gasteiger partial charge on any atom is 0.336 e. The molecule has 0 fully saturated rings. The lowest BCUT2D eigenvalue weighted by molar-refractivity contribution is -0.0184. The number of hydroxylamine groups is 1. The standard InChI is InChI=1S/C30H35N5O6.CH4O3S/c1-5-30(6-2,7-3)17-41-35-27(36)19-10-13-21(23(16-19)29(38)39)22-14-15-24(40-4)34-25(22)28(37)33-20-11-8-18(9-12-20)26(31)32;1-5(2,3)4/h8-16H,5-7,17H2,1-4H3,(H3,31,32)(H,33,37)(H,35,36)(H,38,39);1H3,(H,2,3,4). The number of amides is 2. The smallest absolute Gasteiger partial charge is 0.336 e. The van der Waals surface area contributed by atoms with E-state index < -0.39 is 27.9 Å². The first-order chi connectivity index (χ1) is 21.6. The summed E-state index contributed by atoms with van der Waals surface area (Å²) in [5, 5.41) is 20.2. The van der Waals surface area contributed by atoms with Crippen molar-refractivity contribution >= 4 is 39.4 Å². The van der Waals surface area contributed by atoms with E-state index in [0.717, 1.165) is 19.3 Å². The Bertz CT molecular complexity index is 1660. The van der Waals surface area contributed by atoms with Gasteiger partial charge in [-0.25, -0.2) is 15.3 Å². The molecule has 248 valence electrons. The molecule has 0 bridgehead atoms. The zero-order valence-electron chi connectivity index (χ0n) is 26.2. The van der Waals surface area contributed by atoms with E-state index in [4.69, 9.17) is 25.3 Å². The van der Waals surface area contributed by atoms with Gasteiger partial charge in [-0.2, -0.15) is 8.42 Å². The van der Waals surface area contributed by atoms with Crippen molar-refractivity contribution in [1.82, 2.24) is 10.5 Å². The number of carbonyl (C=O) groups excluding carboxylic acids is 2. The lowest BCUT2D eigenvalue weighted by Crippen LogP contribution is -2.32. The van der Waals surface area contributed by atoms with Crippen molar-refractivity contribution in [3.63, 3.8) is 0 Å². The molecule has 0 aliphatic carbocycles. The molecule has 1 heterocycles. The molecule has 46 heavy (non-hydrogen) atoms. The second kappa shape index (κ2) is 16.5. The maximum absolute atomic E-state index is 13.3. The van der Waals surface area contributed by atoms with Crippen LogP contribution in [0.3, 0.4) is 0 Å². The Morgan fingerprint density at radius 1 is 0.935 bits per heavy atom. The second-order valence-corrected chi connectivity index (χ2v) is 11.7. The Balaban J connectivity index is 0.00000136. The van der Waals surface area contributed by atoms with E-state index in [9.17, 15) is 27.9 Å². The largest absolute Gasteiger partial charge is 0.481 e. The number of aromatic carboxylic acids is 1. The summed E-state index contributed by atoms with van der Waals surface area (Å²) >= 11 is 0. The molecule has 7 N–H and O–H groups in total. The summed E-state index contributed by atoms with van der Waals surface area (Å²) in [6, 6.07) is 13.5. The van der Waals surface area contributed by atoms with Gasteiger partial charge in [0.25, 0.3) is 21.9 Å². The summed E-state index contributed by atoms with van der Waals surface area (Å²) < 4.78 is 31.1. The molecular formula is C31H39N5O9S. The number of nitrogens with two attached hydrogens (primary N) is 1. The molecule has 1 aromatic heterocycles. The highest BCUT2D eigenvalue weighted by Crippen LogP contribution is 2.31.